The highest BCUT2D eigenvalue weighted by Crippen LogP contribution is 2.23. The molecule has 0 saturated heterocycles. The predicted molar refractivity (Wildman–Crippen MR) is 103 cm³/mol. The van der Waals surface area contributed by atoms with E-state index < -0.39 is 0 Å². The number of aromatic nitrogens is 2. The van der Waals surface area contributed by atoms with Crippen molar-refractivity contribution in [1.29, 1.82) is 0 Å². The lowest BCUT2D eigenvalue weighted by Crippen LogP contribution is -2.30. The fourth-order valence-corrected chi connectivity index (χ4v) is 3.30. The number of nitrogens with zero attached hydrogens (tertiary/aromatic N) is 2. The van der Waals surface area contributed by atoms with Crippen molar-refractivity contribution in [3.8, 4) is 11.4 Å². The normalized spacial score (nSPS) is 12.0. The van der Waals surface area contributed by atoms with E-state index in [1.165, 1.54) is 17.3 Å². The Balaban J connectivity index is 1.55. The van der Waals surface area contributed by atoms with Gasteiger partial charge >= 0.3 is 0 Å². The van der Waals surface area contributed by atoms with E-state index in [4.69, 9.17) is 4.52 Å². The third-order valence-electron chi connectivity index (χ3n) is 3.86. The number of carbonyl (C=O) groups is 1. The van der Waals surface area contributed by atoms with Gasteiger partial charge in [0.25, 0.3) is 0 Å². The minimum atomic E-state index is -0.211. The second kappa shape index (κ2) is 8.19. The van der Waals surface area contributed by atoms with Crippen molar-refractivity contribution < 1.29 is 9.32 Å². The number of amides is 1. The molecule has 0 aliphatic rings. The van der Waals surface area contributed by atoms with E-state index in [0.717, 1.165) is 16.0 Å². The maximum Gasteiger partial charge on any atom is 0.246 e. The highest BCUT2D eigenvalue weighted by Gasteiger charge is 2.16. The summed E-state index contributed by atoms with van der Waals surface area (Å²) in [5.41, 5.74) is 3.23. The molecule has 0 radical (unpaired) electrons. The minimum absolute atomic E-state index is 0.0640. The fourth-order valence-electron chi connectivity index (χ4n) is 2.41. The number of benzene rings is 2. The summed E-state index contributed by atoms with van der Waals surface area (Å²) in [4.78, 5) is 17.7. The number of thioether (sulfide) groups is 1. The van der Waals surface area contributed by atoms with Gasteiger partial charge in [0.15, 0.2) is 0 Å². The summed E-state index contributed by atoms with van der Waals surface area (Å²) in [6, 6.07) is 16.0. The van der Waals surface area contributed by atoms with Gasteiger partial charge in [-0.25, -0.2) is 0 Å². The first-order valence-electron chi connectivity index (χ1n) is 8.42. The average Bonchev–Trinajstić information content (AvgIpc) is 3.10. The number of aryl methyl sites for hydroxylation is 2. The van der Waals surface area contributed by atoms with E-state index in [-0.39, 0.29) is 17.7 Å². The van der Waals surface area contributed by atoms with Crippen LogP contribution < -0.4 is 5.32 Å². The van der Waals surface area contributed by atoms with Crippen LogP contribution in [0.25, 0.3) is 11.4 Å². The van der Waals surface area contributed by atoms with Crippen LogP contribution in [0.1, 0.15) is 23.9 Å². The molecule has 1 aromatic heterocycles. The van der Waals surface area contributed by atoms with Crippen LogP contribution >= 0.6 is 11.8 Å². The molecular weight excluding hydrogens is 346 g/mol. The molecule has 134 valence electrons. The molecule has 2 aromatic carbocycles. The molecule has 1 heterocycles. The second-order valence-electron chi connectivity index (χ2n) is 6.17. The molecule has 3 aromatic rings. The molecule has 3 rings (SSSR count). The van der Waals surface area contributed by atoms with Gasteiger partial charge in [0.2, 0.25) is 17.6 Å². The Morgan fingerprint density at radius 1 is 1.15 bits per heavy atom. The standard InChI is InChI=1S/C20H21N3O2S/c1-13-7-9-17(10-8-13)26-15(3)20(24)21-12-18-22-19(23-25-18)16-6-4-5-14(2)11-16/h4-11,15H,12H2,1-3H3,(H,21,24). The number of rotatable bonds is 6. The van der Waals surface area contributed by atoms with Gasteiger partial charge in [-0.1, -0.05) is 46.6 Å². The Morgan fingerprint density at radius 3 is 2.65 bits per heavy atom. The number of hydrogen-bond donors (Lipinski definition) is 1. The van der Waals surface area contributed by atoms with Crippen molar-refractivity contribution in [3.63, 3.8) is 0 Å². The summed E-state index contributed by atoms with van der Waals surface area (Å²) in [5, 5.41) is 6.62. The van der Waals surface area contributed by atoms with Gasteiger partial charge in [0.1, 0.15) is 0 Å². The lowest BCUT2D eigenvalue weighted by molar-refractivity contribution is -0.120. The van der Waals surface area contributed by atoms with E-state index in [1.54, 1.807) is 0 Å². The van der Waals surface area contributed by atoms with Crippen molar-refractivity contribution in [2.45, 2.75) is 37.5 Å². The van der Waals surface area contributed by atoms with Gasteiger partial charge in [-0.15, -0.1) is 11.8 Å². The summed E-state index contributed by atoms with van der Waals surface area (Å²) in [7, 11) is 0. The van der Waals surface area contributed by atoms with Crippen molar-refractivity contribution in [2.24, 2.45) is 0 Å². The van der Waals surface area contributed by atoms with Gasteiger partial charge in [-0.05, 0) is 39.0 Å². The van der Waals surface area contributed by atoms with Crippen LogP contribution in [-0.2, 0) is 11.3 Å². The summed E-state index contributed by atoms with van der Waals surface area (Å²) in [5.74, 6) is 0.855. The first kappa shape index (κ1) is 18.2. The molecule has 5 nitrogen and oxygen atoms in total. The zero-order valence-corrected chi connectivity index (χ0v) is 15.8. The molecule has 0 aliphatic heterocycles. The van der Waals surface area contributed by atoms with Gasteiger partial charge < -0.3 is 9.84 Å². The Kier molecular flexibility index (Phi) is 5.73. The topological polar surface area (TPSA) is 68.0 Å². The van der Waals surface area contributed by atoms with Gasteiger partial charge in [-0.3, -0.25) is 4.79 Å². The average molecular weight is 367 g/mol. The lowest BCUT2D eigenvalue weighted by atomic mass is 10.1. The second-order valence-corrected chi connectivity index (χ2v) is 7.59. The van der Waals surface area contributed by atoms with Crippen LogP contribution in [0.2, 0.25) is 0 Å². The molecular formula is C20H21N3O2S. The summed E-state index contributed by atoms with van der Waals surface area (Å²) in [6.07, 6.45) is 0. The Bertz CT molecular complexity index is 890. The molecule has 0 fully saturated rings. The largest absolute Gasteiger partial charge is 0.346 e. The Hall–Kier alpha value is -2.60. The Labute approximate surface area is 157 Å². The van der Waals surface area contributed by atoms with Crippen molar-refractivity contribution in [1.82, 2.24) is 15.5 Å². The molecule has 1 unspecified atom stereocenters. The highest BCUT2D eigenvalue weighted by atomic mass is 32.2. The lowest BCUT2D eigenvalue weighted by Gasteiger charge is -2.10. The van der Waals surface area contributed by atoms with E-state index >= 15 is 0 Å². The van der Waals surface area contributed by atoms with Crippen LogP contribution in [-0.4, -0.2) is 21.3 Å². The summed E-state index contributed by atoms with van der Waals surface area (Å²) < 4.78 is 5.24. The predicted octanol–water partition coefficient (Wildman–Crippen LogP) is 4.15. The quantitative estimate of drug-likeness (QED) is 0.663. The maximum absolute atomic E-state index is 12.3. The zero-order valence-electron chi connectivity index (χ0n) is 15.0. The number of nitrogens with one attached hydrogen (secondary N) is 1. The van der Waals surface area contributed by atoms with Crippen LogP contribution in [0.5, 0.6) is 0 Å². The Morgan fingerprint density at radius 2 is 1.92 bits per heavy atom. The highest BCUT2D eigenvalue weighted by molar-refractivity contribution is 8.00. The first-order valence-corrected chi connectivity index (χ1v) is 9.30. The van der Waals surface area contributed by atoms with E-state index in [0.29, 0.717) is 11.7 Å². The van der Waals surface area contributed by atoms with Crippen molar-refractivity contribution in [2.75, 3.05) is 0 Å². The van der Waals surface area contributed by atoms with Gasteiger partial charge in [0.05, 0.1) is 11.8 Å². The minimum Gasteiger partial charge on any atom is -0.346 e. The molecule has 0 saturated carbocycles. The van der Waals surface area contributed by atoms with E-state index in [2.05, 4.69) is 15.5 Å². The van der Waals surface area contributed by atoms with Crippen LogP contribution in [0.15, 0.2) is 57.9 Å². The van der Waals surface area contributed by atoms with Crippen LogP contribution in [0.3, 0.4) is 0 Å². The molecule has 0 bridgehead atoms. The number of carbonyl (C=O) groups excluding carboxylic acids is 1. The van der Waals surface area contributed by atoms with Crippen LogP contribution in [0, 0.1) is 13.8 Å². The molecule has 1 atom stereocenters. The third-order valence-corrected chi connectivity index (χ3v) is 4.97. The smallest absolute Gasteiger partial charge is 0.246 e. The third kappa shape index (κ3) is 4.73. The summed E-state index contributed by atoms with van der Waals surface area (Å²) in [6.45, 7) is 6.15. The molecule has 0 spiro atoms. The summed E-state index contributed by atoms with van der Waals surface area (Å²) >= 11 is 1.52. The van der Waals surface area contributed by atoms with Gasteiger partial charge in [0, 0.05) is 10.5 Å². The number of hydrogen-bond acceptors (Lipinski definition) is 5. The van der Waals surface area contributed by atoms with Gasteiger partial charge in [-0.2, -0.15) is 4.98 Å². The molecule has 1 N–H and O–H groups in total. The molecule has 1 amide bonds. The molecule has 26 heavy (non-hydrogen) atoms. The monoisotopic (exact) mass is 367 g/mol. The van der Waals surface area contributed by atoms with Crippen molar-refractivity contribution in [3.05, 3.63) is 65.5 Å². The van der Waals surface area contributed by atoms with E-state index in [9.17, 15) is 4.79 Å². The van der Waals surface area contributed by atoms with Crippen molar-refractivity contribution >= 4 is 17.7 Å². The zero-order chi connectivity index (χ0) is 18.5. The van der Waals surface area contributed by atoms with Crippen LogP contribution in [0.4, 0.5) is 0 Å². The molecule has 0 aliphatic carbocycles. The first-order chi connectivity index (χ1) is 12.5. The maximum atomic E-state index is 12.3. The SMILES string of the molecule is Cc1ccc(SC(C)C(=O)NCc2nc(-c3cccc(C)c3)no2)cc1. The molecule has 6 heteroatoms. The van der Waals surface area contributed by atoms with E-state index in [1.807, 2.05) is 69.3 Å². The fraction of sp³-hybridized carbons (Fsp3) is 0.250.